The first-order valence-corrected chi connectivity index (χ1v) is 11.9. The molecule has 0 atom stereocenters. The van der Waals surface area contributed by atoms with E-state index < -0.39 is 22.5 Å². The number of halogens is 2. The Morgan fingerprint density at radius 2 is 1.79 bits per heavy atom. The smallest absolute Gasteiger partial charge is 0.264 e. The van der Waals surface area contributed by atoms with Crippen LogP contribution in [-0.4, -0.2) is 34.2 Å². The first kappa shape index (κ1) is 24.6. The molecule has 172 valence electrons. The molecule has 3 aromatic carbocycles. The Bertz CT molecular complexity index is 1280. The number of amides is 1. The highest BCUT2D eigenvalue weighted by Gasteiger charge is 2.29. The van der Waals surface area contributed by atoms with Crippen LogP contribution in [0.4, 0.5) is 5.69 Å². The maximum absolute atomic E-state index is 13.5. The fourth-order valence-electron chi connectivity index (χ4n) is 2.91. The van der Waals surface area contributed by atoms with Crippen molar-refractivity contribution in [2.24, 2.45) is 5.10 Å². The summed E-state index contributed by atoms with van der Waals surface area (Å²) in [6.07, 6.45) is 1.37. The first-order valence-electron chi connectivity index (χ1n) is 9.72. The van der Waals surface area contributed by atoms with Crippen molar-refractivity contribution >= 4 is 51.0 Å². The quantitative estimate of drug-likeness (QED) is 0.356. The van der Waals surface area contributed by atoms with Gasteiger partial charge in [0.05, 0.1) is 23.9 Å². The van der Waals surface area contributed by atoms with Crippen LogP contribution in [-0.2, 0) is 14.8 Å². The highest BCUT2D eigenvalue weighted by atomic mass is 35.5. The second-order valence-corrected chi connectivity index (χ2v) is 9.66. The number of benzene rings is 3. The van der Waals surface area contributed by atoms with E-state index in [0.717, 1.165) is 9.87 Å². The largest absolute Gasteiger partial charge is 0.495 e. The SMILES string of the molecule is COc1ccc(Cl)cc1N(CC(=O)N/N=C\c1ccccc1Cl)S(=O)(=O)c1ccc(C)cc1. The predicted octanol–water partition coefficient (Wildman–Crippen LogP) is 4.66. The summed E-state index contributed by atoms with van der Waals surface area (Å²) in [5.41, 5.74) is 3.95. The molecule has 0 saturated carbocycles. The van der Waals surface area contributed by atoms with Crippen molar-refractivity contribution in [1.29, 1.82) is 0 Å². The minimum Gasteiger partial charge on any atom is -0.495 e. The van der Waals surface area contributed by atoms with Gasteiger partial charge in [0.25, 0.3) is 15.9 Å². The zero-order chi connectivity index (χ0) is 24.0. The minimum atomic E-state index is -4.14. The molecule has 7 nitrogen and oxygen atoms in total. The Morgan fingerprint density at radius 1 is 1.09 bits per heavy atom. The molecule has 0 bridgehead atoms. The zero-order valence-corrected chi connectivity index (χ0v) is 20.2. The third-order valence-electron chi connectivity index (χ3n) is 4.60. The maximum Gasteiger partial charge on any atom is 0.264 e. The van der Waals surface area contributed by atoms with Gasteiger partial charge in [0.1, 0.15) is 12.3 Å². The number of aryl methyl sites for hydroxylation is 1. The van der Waals surface area contributed by atoms with Crippen molar-refractivity contribution in [3.8, 4) is 5.75 Å². The Balaban J connectivity index is 1.94. The van der Waals surface area contributed by atoms with Crippen LogP contribution in [0.25, 0.3) is 0 Å². The summed E-state index contributed by atoms with van der Waals surface area (Å²) < 4.78 is 33.2. The van der Waals surface area contributed by atoms with E-state index in [0.29, 0.717) is 10.6 Å². The van der Waals surface area contributed by atoms with Crippen LogP contribution in [0.3, 0.4) is 0 Å². The predicted molar refractivity (Wildman–Crippen MR) is 131 cm³/mol. The Kier molecular flexibility index (Phi) is 7.97. The number of anilines is 1. The molecular weight excluding hydrogens is 485 g/mol. The summed E-state index contributed by atoms with van der Waals surface area (Å²) in [6.45, 7) is 1.28. The summed E-state index contributed by atoms with van der Waals surface area (Å²) >= 11 is 12.2. The topological polar surface area (TPSA) is 88.1 Å². The lowest BCUT2D eigenvalue weighted by atomic mass is 10.2. The van der Waals surface area contributed by atoms with Crippen molar-refractivity contribution < 1.29 is 17.9 Å². The molecule has 0 saturated heterocycles. The van der Waals surface area contributed by atoms with Gasteiger partial charge < -0.3 is 4.74 Å². The fourth-order valence-corrected chi connectivity index (χ4v) is 4.69. The zero-order valence-electron chi connectivity index (χ0n) is 17.8. The van der Waals surface area contributed by atoms with Crippen LogP contribution in [0.5, 0.6) is 5.75 Å². The number of rotatable bonds is 8. The van der Waals surface area contributed by atoms with Gasteiger partial charge in [0, 0.05) is 15.6 Å². The molecule has 0 aliphatic rings. The third kappa shape index (κ3) is 6.04. The van der Waals surface area contributed by atoms with E-state index in [9.17, 15) is 13.2 Å². The van der Waals surface area contributed by atoms with E-state index in [1.165, 1.54) is 37.6 Å². The average Bonchev–Trinajstić information content (AvgIpc) is 2.79. The van der Waals surface area contributed by atoms with Crippen LogP contribution < -0.4 is 14.5 Å². The lowest BCUT2D eigenvalue weighted by Gasteiger charge is -2.25. The average molecular weight is 506 g/mol. The van der Waals surface area contributed by atoms with Crippen LogP contribution in [0.1, 0.15) is 11.1 Å². The van der Waals surface area contributed by atoms with E-state index in [4.69, 9.17) is 27.9 Å². The number of carbonyl (C=O) groups excluding carboxylic acids is 1. The molecular formula is C23H21Cl2N3O4S. The summed E-state index contributed by atoms with van der Waals surface area (Å²) in [4.78, 5) is 12.7. The molecule has 0 unspecified atom stereocenters. The number of hydrogen-bond donors (Lipinski definition) is 1. The number of nitrogens with one attached hydrogen (secondary N) is 1. The lowest BCUT2D eigenvalue weighted by Crippen LogP contribution is -2.39. The molecule has 0 aliphatic heterocycles. The first-order chi connectivity index (χ1) is 15.7. The molecule has 3 rings (SSSR count). The molecule has 10 heteroatoms. The van der Waals surface area contributed by atoms with E-state index in [1.54, 1.807) is 42.5 Å². The molecule has 0 aromatic heterocycles. The highest BCUT2D eigenvalue weighted by Crippen LogP contribution is 2.34. The molecule has 33 heavy (non-hydrogen) atoms. The Hall–Kier alpha value is -3.07. The molecule has 0 heterocycles. The van der Waals surface area contributed by atoms with E-state index in [1.807, 2.05) is 6.92 Å². The van der Waals surface area contributed by atoms with Gasteiger partial charge in [-0.1, -0.05) is 59.1 Å². The third-order valence-corrected chi connectivity index (χ3v) is 6.96. The van der Waals surface area contributed by atoms with Crippen molar-refractivity contribution in [2.45, 2.75) is 11.8 Å². The molecule has 0 spiro atoms. The summed E-state index contributed by atoms with van der Waals surface area (Å²) in [5.74, 6) is -0.432. The molecule has 3 aromatic rings. The standard InChI is InChI=1S/C23H21Cl2N3O4S/c1-16-7-10-19(11-8-16)33(30,31)28(21-13-18(24)9-12-22(21)32-2)15-23(29)27-26-14-17-5-3-4-6-20(17)25/h3-14H,15H2,1-2H3,(H,27,29)/b26-14-. The van der Waals surface area contributed by atoms with Gasteiger partial charge in [0.15, 0.2) is 0 Å². The minimum absolute atomic E-state index is 0.0162. The van der Waals surface area contributed by atoms with Gasteiger partial charge in [-0.2, -0.15) is 5.10 Å². The van der Waals surface area contributed by atoms with Crippen molar-refractivity contribution in [1.82, 2.24) is 5.43 Å². The normalized spacial score (nSPS) is 11.4. The van der Waals surface area contributed by atoms with Gasteiger partial charge in [-0.3, -0.25) is 9.10 Å². The summed E-state index contributed by atoms with van der Waals surface area (Å²) in [6, 6.07) is 17.8. The highest BCUT2D eigenvalue weighted by molar-refractivity contribution is 7.92. The molecule has 0 radical (unpaired) electrons. The van der Waals surface area contributed by atoms with Gasteiger partial charge in [-0.05, 0) is 43.3 Å². The number of carbonyl (C=O) groups is 1. The molecule has 0 fully saturated rings. The van der Waals surface area contributed by atoms with Crippen molar-refractivity contribution in [3.05, 3.63) is 87.9 Å². The molecule has 1 amide bonds. The Morgan fingerprint density at radius 3 is 2.45 bits per heavy atom. The van der Waals surface area contributed by atoms with E-state index in [2.05, 4.69) is 10.5 Å². The second-order valence-electron chi connectivity index (χ2n) is 6.96. The van der Waals surface area contributed by atoms with Crippen LogP contribution >= 0.6 is 23.2 Å². The van der Waals surface area contributed by atoms with Crippen LogP contribution in [0.15, 0.2) is 76.7 Å². The Labute approximate surface area is 202 Å². The monoisotopic (exact) mass is 505 g/mol. The fraction of sp³-hybridized carbons (Fsp3) is 0.130. The summed E-state index contributed by atoms with van der Waals surface area (Å²) in [5, 5.41) is 4.63. The number of nitrogens with zero attached hydrogens (tertiary/aromatic N) is 2. The number of hydrazone groups is 1. The van der Waals surface area contributed by atoms with E-state index in [-0.39, 0.29) is 21.4 Å². The number of methoxy groups -OCH3 is 1. The van der Waals surface area contributed by atoms with Gasteiger partial charge in [0.2, 0.25) is 0 Å². The van der Waals surface area contributed by atoms with Crippen LogP contribution in [0.2, 0.25) is 10.0 Å². The maximum atomic E-state index is 13.5. The van der Waals surface area contributed by atoms with Crippen molar-refractivity contribution in [3.63, 3.8) is 0 Å². The lowest BCUT2D eigenvalue weighted by molar-refractivity contribution is -0.119. The van der Waals surface area contributed by atoms with Gasteiger partial charge in [-0.25, -0.2) is 13.8 Å². The summed E-state index contributed by atoms with van der Waals surface area (Å²) in [7, 11) is -2.74. The van der Waals surface area contributed by atoms with Crippen molar-refractivity contribution in [2.75, 3.05) is 18.0 Å². The number of ether oxygens (including phenoxy) is 1. The number of sulfonamides is 1. The van der Waals surface area contributed by atoms with Gasteiger partial charge >= 0.3 is 0 Å². The molecule has 1 N–H and O–H groups in total. The molecule has 0 aliphatic carbocycles. The van der Waals surface area contributed by atoms with Crippen LogP contribution in [0, 0.1) is 6.92 Å². The van der Waals surface area contributed by atoms with Gasteiger partial charge in [-0.15, -0.1) is 0 Å². The number of hydrogen-bond acceptors (Lipinski definition) is 5. The second kappa shape index (κ2) is 10.7. The van der Waals surface area contributed by atoms with E-state index >= 15 is 0 Å².